The largest absolute Gasteiger partial charge is 0.311 e. The van der Waals surface area contributed by atoms with Gasteiger partial charge in [-0.3, -0.25) is 4.90 Å². The average Bonchev–Trinajstić information content (AvgIpc) is 2.95. The number of hydrogen-bond acceptors (Lipinski definition) is 2. The summed E-state index contributed by atoms with van der Waals surface area (Å²) in [5.74, 6) is 0.919. The van der Waals surface area contributed by atoms with E-state index < -0.39 is 0 Å². The first-order valence-electron chi connectivity index (χ1n) is 9.22. The maximum absolute atomic E-state index is 3.82. The van der Waals surface area contributed by atoms with Crippen LogP contribution in [0.4, 0.5) is 0 Å². The van der Waals surface area contributed by atoms with Crippen molar-refractivity contribution in [3.63, 3.8) is 0 Å². The van der Waals surface area contributed by atoms with Crippen LogP contribution < -0.4 is 5.32 Å². The van der Waals surface area contributed by atoms with Gasteiger partial charge in [-0.2, -0.15) is 0 Å². The third-order valence-electron chi connectivity index (χ3n) is 5.88. The molecule has 2 fully saturated rings. The van der Waals surface area contributed by atoms with Crippen molar-refractivity contribution in [2.45, 2.75) is 90.1 Å². The molecule has 0 aromatic rings. The van der Waals surface area contributed by atoms with E-state index in [1.807, 2.05) is 0 Å². The fraction of sp³-hybridized carbons (Fsp3) is 1.00. The van der Waals surface area contributed by atoms with Crippen LogP contribution in [0, 0.1) is 5.92 Å². The summed E-state index contributed by atoms with van der Waals surface area (Å²) in [4.78, 5) is 2.91. The molecular formula is C18H36N2. The Balaban J connectivity index is 1.98. The van der Waals surface area contributed by atoms with E-state index in [-0.39, 0.29) is 0 Å². The highest BCUT2D eigenvalue weighted by Crippen LogP contribution is 2.38. The van der Waals surface area contributed by atoms with Crippen molar-refractivity contribution in [1.29, 1.82) is 0 Å². The Hall–Kier alpha value is -0.0800. The fourth-order valence-electron chi connectivity index (χ4n) is 4.27. The standard InChI is InChI=1S/C18H36N2/c1-4-7-10-16(5-2)13-20-14-17(6-3)19-15-18(20)11-8-9-12-18/h16-17,19H,4-15H2,1-3H3. The van der Waals surface area contributed by atoms with Crippen molar-refractivity contribution in [3.8, 4) is 0 Å². The SMILES string of the molecule is CCCCC(CC)CN1CC(CC)NCC12CCCC2. The molecule has 2 atom stereocenters. The second-order valence-electron chi connectivity index (χ2n) is 7.24. The van der Waals surface area contributed by atoms with E-state index in [1.165, 1.54) is 77.4 Å². The number of piperazine rings is 1. The summed E-state index contributed by atoms with van der Waals surface area (Å²) in [6.45, 7) is 10.9. The average molecular weight is 280 g/mol. The summed E-state index contributed by atoms with van der Waals surface area (Å²) in [6.07, 6.45) is 12.6. The second-order valence-corrected chi connectivity index (χ2v) is 7.24. The number of rotatable bonds is 7. The summed E-state index contributed by atoms with van der Waals surface area (Å²) in [5, 5.41) is 3.82. The van der Waals surface area contributed by atoms with Gasteiger partial charge in [0.05, 0.1) is 0 Å². The van der Waals surface area contributed by atoms with E-state index in [4.69, 9.17) is 0 Å². The Morgan fingerprint density at radius 2 is 1.95 bits per heavy atom. The second kappa shape index (κ2) is 7.79. The van der Waals surface area contributed by atoms with Crippen molar-refractivity contribution < 1.29 is 0 Å². The molecule has 0 radical (unpaired) electrons. The molecule has 1 heterocycles. The van der Waals surface area contributed by atoms with Crippen molar-refractivity contribution in [2.75, 3.05) is 19.6 Å². The van der Waals surface area contributed by atoms with Crippen LogP contribution in [-0.2, 0) is 0 Å². The summed E-state index contributed by atoms with van der Waals surface area (Å²) >= 11 is 0. The fourth-order valence-corrected chi connectivity index (χ4v) is 4.27. The Bertz CT molecular complexity index is 271. The molecule has 1 saturated carbocycles. The molecule has 0 aromatic heterocycles. The van der Waals surface area contributed by atoms with Crippen molar-refractivity contribution in [3.05, 3.63) is 0 Å². The molecule has 2 rings (SSSR count). The zero-order chi connectivity index (χ0) is 14.4. The van der Waals surface area contributed by atoms with Gasteiger partial charge < -0.3 is 5.32 Å². The first-order valence-corrected chi connectivity index (χ1v) is 9.22. The van der Waals surface area contributed by atoms with E-state index in [1.54, 1.807) is 0 Å². The van der Waals surface area contributed by atoms with Gasteiger partial charge in [-0.15, -0.1) is 0 Å². The Morgan fingerprint density at radius 3 is 2.55 bits per heavy atom. The molecule has 2 aliphatic rings. The maximum Gasteiger partial charge on any atom is 0.0334 e. The molecule has 2 heteroatoms. The molecule has 1 spiro atoms. The van der Waals surface area contributed by atoms with Gasteiger partial charge in [-0.25, -0.2) is 0 Å². The van der Waals surface area contributed by atoms with E-state index in [9.17, 15) is 0 Å². The van der Waals surface area contributed by atoms with Gasteiger partial charge in [0.15, 0.2) is 0 Å². The molecular weight excluding hydrogens is 244 g/mol. The molecule has 0 aromatic carbocycles. The normalized spacial score (nSPS) is 28.1. The van der Waals surface area contributed by atoms with Gasteiger partial charge in [0, 0.05) is 31.2 Å². The molecule has 1 saturated heterocycles. The van der Waals surface area contributed by atoms with Crippen LogP contribution in [0.2, 0.25) is 0 Å². The van der Waals surface area contributed by atoms with Crippen molar-refractivity contribution in [2.24, 2.45) is 5.92 Å². The minimum absolute atomic E-state index is 0.519. The number of unbranched alkanes of at least 4 members (excludes halogenated alkanes) is 1. The van der Waals surface area contributed by atoms with Crippen molar-refractivity contribution >= 4 is 0 Å². The molecule has 0 bridgehead atoms. The molecule has 118 valence electrons. The highest BCUT2D eigenvalue weighted by molar-refractivity contribution is 5.02. The summed E-state index contributed by atoms with van der Waals surface area (Å²) in [7, 11) is 0. The van der Waals surface area contributed by atoms with Crippen LogP contribution in [0.25, 0.3) is 0 Å². The quantitative estimate of drug-likeness (QED) is 0.752. The lowest BCUT2D eigenvalue weighted by molar-refractivity contribution is 0.0264. The molecule has 20 heavy (non-hydrogen) atoms. The smallest absolute Gasteiger partial charge is 0.0334 e. The van der Waals surface area contributed by atoms with E-state index in [0.29, 0.717) is 5.54 Å². The van der Waals surface area contributed by atoms with Gasteiger partial charge in [-0.05, 0) is 31.6 Å². The molecule has 1 aliphatic heterocycles. The predicted molar refractivity (Wildman–Crippen MR) is 88.2 cm³/mol. The van der Waals surface area contributed by atoms with Gasteiger partial charge in [0.2, 0.25) is 0 Å². The minimum Gasteiger partial charge on any atom is -0.311 e. The lowest BCUT2D eigenvalue weighted by atomic mass is 9.88. The molecule has 2 nitrogen and oxygen atoms in total. The predicted octanol–water partition coefficient (Wildman–Crippen LogP) is 4.20. The molecule has 1 aliphatic carbocycles. The van der Waals surface area contributed by atoms with Crippen LogP contribution in [0.5, 0.6) is 0 Å². The number of nitrogens with one attached hydrogen (secondary N) is 1. The molecule has 2 unspecified atom stereocenters. The Kier molecular flexibility index (Phi) is 6.35. The first-order chi connectivity index (χ1) is 9.74. The van der Waals surface area contributed by atoms with Crippen LogP contribution in [0.15, 0.2) is 0 Å². The van der Waals surface area contributed by atoms with E-state index in [2.05, 4.69) is 31.0 Å². The van der Waals surface area contributed by atoms with Crippen LogP contribution in [0.1, 0.15) is 78.6 Å². The monoisotopic (exact) mass is 280 g/mol. The zero-order valence-electron chi connectivity index (χ0n) is 14.1. The topological polar surface area (TPSA) is 15.3 Å². The van der Waals surface area contributed by atoms with E-state index in [0.717, 1.165) is 12.0 Å². The summed E-state index contributed by atoms with van der Waals surface area (Å²) in [6, 6.07) is 0.727. The Labute approximate surface area is 126 Å². The van der Waals surface area contributed by atoms with Crippen molar-refractivity contribution in [1.82, 2.24) is 10.2 Å². The highest BCUT2D eigenvalue weighted by Gasteiger charge is 2.43. The van der Waals surface area contributed by atoms with Gasteiger partial charge in [0.1, 0.15) is 0 Å². The van der Waals surface area contributed by atoms with Crippen LogP contribution >= 0.6 is 0 Å². The lowest BCUT2D eigenvalue weighted by Gasteiger charge is -2.49. The zero-order valence-corrected chi connectivity index (χ0v) is 14.1. The first kappa shape index (κ1) is 16.3. The number of nitrogens with zero attached hydrogens (tertiary/aromatic N) is 1. The third-order valence-corrected chi connectivity index (χ3v) is 5.88. The third kappa shape index (κ3) is 3.76. The maximum atomic E-state index is 3.82. The number of hydrogen-bond donors (Lipinski definition) is 1. The Morgan fingerprint density at radius 1 is 1.20 bits per heavy atom. The highest BCUT2D eigenvalue weighted by atomic mass is 15.3. The van der Waals surface area contributed by atoms with Crippen LogP contribution in [-0.4, -0.2) is 36.1 Å². The molecule has 1 N–H and O–H groups in total. The van der Waals surface area contributed by atoms with Gasteiger partial charge in [-0.1, -0.05) is 52.9 Å². The van der Waals surface area contributed by atoms with E-state index >= 15 is 0 Å². The summed E-state index contributed by atoms with van der Waals surface area (Å²) < 4.78 is 0. The summed E-state index contributed by atoms with van der Waals surface area (Å²) in [5.41, 5.74) is 0.519. The lowest BCUT2D eigenvalue weighted by Crippen LogP contribution is -2.64. The van der Waals surface area contributed by atoms with Gasteiger partial charge in [0.25, 0.3) is 0 Å². The van der Waals surface area contributed by atoms with Gasteiger partial charge >= 0.3 is 0 Å². The molecule has 0 amide bonds. The van der Waals surface area contributed by atoms with Crippen LogP contribution in [0.3, 0.4) is 0 Å². The minimum atomic E-state index is 0.519.